The zero-order chi connectivity index (χ0) is 14.7. The number of hydrogen-bond donors (Lipinski definition) is 0. The molecule has 0 aromatic carbocycles. The van der Waals surface area contributed by atoms with E-state index in [9.17, 15) is 0 Å². The Labute approximate surface area is 126 Å². The molecule has 0 saturated carbocycles. The van der Waals surface area contributed by atoms with E-state index in [0.717, 1.165) is 42.2 Å². The molecule has 0 radical (unpaired) electrons. The zero-order valence-electron chi connectivity index (χ0n) is 13.0. The Morgan fingerprint density at radius 1 is 1.20 bits per heavy atom. The summed E-state index contributed by atoms with van der Waals surface area (Å²) in [4.78, 5) is 4.79. The van der Waals surface area contributed by atoms with Crippen LogP contribution >= 0.6 is 11.6 Å². The Morgan fingerprint density at radius 2 is 1.90 bits per heavy atom. The van der Waals surface area contributed by atoms with Gasteiger partial charge in [0.2, 0.25) is 0 Å². The maximum atomic E-state index is 5.94. The highest BCUT2D eigenvalue weighted by atomic mass is 35.5. The monoisotopic (exact) mass is 296 g/mol. The summed E-state index contributed by atoms with van der Waals surface area (Å²) in [6.45, 7) is 10.6. The summed E-state index contributed by atoms with van der Waals surface area (Å²) in [6, 6.07) is 0. The Morgan fingerprint density at radius 3 is 2.45 bits per heavy atom. The fourth-order valence-corrected chi connectivity index (χ4v) is 2.93. The van der Waals surface area contributed by atoms with Crippen molar-refractivity contribution in [3.63, 3.8) is 0 Å². The average Bonchev–Trinajstić information content (AvgIpc) is 2.95. The van der Waals surface area contributed by atoms with Gasteiger partial charge in [0.15, 0.2) is 5.65 Å². The van der Waals surface area contributed by atoms with E-state index >= 15 is 0 Å². The van der Waals surface area contributed by atoms with E-state index in [1.54, 1.807) is 0 Å². The highest BCUT2D eigenvalue weighted by Crippen LogP contribution is 2.23. The van der Waals surface area contributed by atoms with Crippen molar-refractivity contribution in [1.29, 1.82) is 0 Å². The van der Waals surface area contributed by atoms with Gasteiger partial charge in [0, 0.05) is 25.4 Å². The zero-order valence-corrected chi connectivity index (χ0v) is 13.7. The molecule has 2 heterocycles. The van der Waals surface area contributed by atoms with Gasteiger partial charge in [-0.15, -0.1) is 11.6 Å². The third-order valence-electron chi connectivity index (χ3n) is 4.09. The van der Waals surface area contributed by atoms with Crippen LogP contribution in [0.2, 0.25) is 0 Å². The molecule has 0 spiro atoms. The summed E-state index contributed by atoms with van der Waals surface area (Å²) in [5.74, 6) is 2.40. The van der Waals surface area contributed by atoms with Crippen molar-refractivity contribution in [2.45, 2.75) is 60.0 Å². The van der Waals surface area contributed by atoms with Crippen LogP contribution in [0.1, 0.15) is 45.1 Å². The lowest BCUT2D eigenvalue weighted by molar-refractivity contribution is 0.412. The van der Waals surface area contributed by atoms with Crippen molar-refractivity contribution in [2.24, 2.45) is 5.92 Å². The molecule has 112 valence electrons. The summed E-state index contributed by atoms with van der Waals surface area (Å²) < 4.78 is 4.41. The van der Waals surface area contributed by atoms with E-state index in [4.69, 9.17) is 16.6 Å². The maximum Gasteiger partial charge on any atom is 0.158 e. The molecule has 0 bridgehead atoms. The van der Waals surface area contributed by atoms with Crippen LogP contribution in [0.5, 0.6) is 0 Å². The van der Waals surface area contributed by atoms with Gasteiger partial charge in [0.25, 0.3) is 0 Å². The van der Waals surface area contributed by atoms with E-state index in [2.05, 4.69) is 35.1 Å². The molecular formula is C15H25ClN4. The minimum absolute atomic E-state index is 0.612. The average molecular weight is 297 g/mol. The number of halogens is 1. The molecule has 0 aliphatic rings. The van der Waals surface area contributed by atoms with Crippen LogP contribution in [-0.4, -0.2) is 25.2 Å². The normalized spacial score (nSPS) is 11.9. The lowest BCUT2D eigenvalue weighted by Crippen LogP contribution is -2.15. The van der Waals surface area contributed by atoms with E-state index in [0.29, 0.717) is 11.8 Å². The summed E-state index contributed by atoms with van der Waals surface area (Å²) in [6.07, 6.45) is 3.20. The third-order valence-corrected chi connectivity index (χ3v) is 4.28. The summed E-state index contributed by atoms with van der Waals surface area (Å²) >= 11 is 5.94. The Kier molecular flexibility index (Phi) is 5.08. The predicted octanol–water partition coefficient (Wildman–Crippen LogP) is 3.78. The van der Waals surface area contributed by atoms with Crippen LogP contribution in [0, 0.1) is 12.8 Å². The summed E-state index contributed by atoms with van der Waals surface area (Å²) in [5, 5.41) is 4.59. The van der Waals surface area contributed by atoms with Crippen LogP contribution in [0.3, 0.4) is 0 Å². The minimum atomic E-state index is 0.612. The largest absolute Gasteiger partial charge is 0.313 e. The Balaban J connectivity index is 2.54. The predicted molar refractivity (Wildman–Crippen MR) is 84.4 cm³/mol. The van der Waals surface area contributed by atoms with E-state index in [1.165, 1.54) is 12.8 Å². The number of alkyl halides is 1. The van der Waals surface area contributed by atoms with Crippen LogP contribution in [0.4, 0.5) is 0 Å². The third kappa shape index (κ3) is 2.71. The van der Waals surface area contributed by atoms with Gasteiger partial charge < -0.3 is 4.57 Å². The van der Waals surface area contributed by atoms with E-state index < -0.39 is 0 Å². The highest BCUT2D eigenvalue weighted by molar-refractivity contribution is 6.17. The molecule has 0 aliphatic carbocycles. The summed E-state index contributed by atoms with van der Waals surface area (Å²) in [5.41, 5.74) is 3.22. The van der Waals surface area contributed by atoms with Crippen molar-refractivity contribution in [3.8, 4) is 0 Å². The number of aromatic nitrogens is 4. The first-order valence-corrected chi connectivity index (χ1v) is 8.18. The van der Waals surface area contributed by atoms with Gasteiger partial charge >= 0.3 is 0 Å². The molecule has 2 aromatic rings. The Hall–Kier alpha value is -1.03. The number of imidazole rings is 1. The maximum absolute atomic E-state index is 5.94. The van der Waals surface area contributed by atoms with Gasteiger partial charge in [-0.3, -0.25) is 0 Å². The number of rotatable bonds is 7. The van der Waals surface area contributed by atoms with Crippen molar-refractivity contribution in [1.82, 2.24) is 19.3 Å². The molecule has 4 nitrogen and oxygen atoms in total. The molecule has 0 amide bonds. The number of hydrogen-bond acceptors (Lipinski definition) is 2. The SMILES string of the molecule is CCC(CC)Cn1c(CCCl)nc2c(C)nn(CC)c21. The molecule has 0 aliphatic heterocycles. The molecule has 0 saturated heterocycles. The molecule has 0 unspecified atom stereocenters. The molecule has 20 heavy (non-hydrogen) atoms. The Bertz CT molecular complexity index is 566. The molecule has 0 N–H and O–H groups in total. The molecular weight excluding hydrogens is 272 g/mol. The number of aryl methyl sites for hydroxylation is 3. The second-order valence-corrected chi connectivity index (χ2v) is 5.71. The van der Waals surface area contributed by atoms with Crippen LogP contribution < -0.4 is 0 Å². The molecule has 0 fully saturated rings. The first kappa shape index (κ1) is 15.4. The first-order valence-electron chi connectivity index (χ1n) is 7.64. The van der Waals surface area contributed by atoms with Crippen molar-refractivity contribution in [2.75, 3.05) is 5.88 Å². The van der Waals surface area contributed by atoms with Gasteiger partial charge in [-0.2, -0.15) is 5.10 Å². The molecule has 2 rings (SSSR count). The molecule has 0 atom stereocenters. The van der Waals surface area contributed by atoms with Crippen molar-refractivity contribution in [3.05, 3.63) is 11.5 Å². The van der Waals surface area contributed by atoms with Gasteiger partial charge in [-0.25, -0.2) is 9.67 Å². The fraction of sp³-hybridized carbons (Fsp3) is 0.733. The lowest BCUT2D eigenvalue weighted by Gasteiger charge is -2.16. The fourth-order valence-electron chi connectivity index (χ4n) is 2.76. The van der Waals surface area contributed by atoms with Crippen LogP contribution in [0.15, 0.2) is 0 Å². The quantitative estimate of drug-likeness (QED) is 0.729. The number of fused-ring (bicyclic) bond motifs is 1. The van der Waals surface area contributed by atoms with Gasteiger partial charge in [-0.1, -0.05) is 26.7 Å². The van der Waals surface area contributed by atoms with Crippen molar-refractivity contribution < 1.29 is 0 Å². The smallest absolute Gasteiger partial charge is 0.158 e. The second-order valence-electron chi connectivity index (χ2n) is 5.33. The highest BCUT2D eigenvalue weighted by Gasteiger charge is 2.19. The van der Waals surface area contributed by atoms with Gasteiger partial charge in [-0.05, 0) is 19.8 Å². The number of nitrogens with zero attached hydrogens (tertiary/aromatic N) is 4. The molecule has 5 heteroatoms. The standard InChI is InChI=1S/C15H25ClN4/c1-5-12(6-2)10-19-13(8-9-16)17-14-11(4)18-20(7-3)15(14)19/h12H,5-10H2,1-4H3. The molecule has 2 aromatic heterocycles. The van der Waals surface area contributed by atoms with E-state index in [1.807, 2.05) is 6.92 Å². The van der Waals surface area contributed by atoms with E-state index in [-0.39, 0.29) is 0 Å². The van der Waals surface area contributed by atoms with Crippen molar-refractivity contribution >= 4 is 22.8 Å². The topological polar surface area (TPSA) is 35.6 Å². The minimum Gasteiger partial charge on any atom is -0.313 e. The van der Waals surface area contributed by atoms with Crippen LogP contribution in [-0.2, 0) is 19.5 Å². The lowest BCUT2D eigenvalue weighted by atomic mass is 10.0. The summed E-state index contributed by atoms with van der Waals surface area (Å²) in [7, 11) is 0. The van der Waals surface area contributed by atoms with Gasteiger partial charge in [0.1, 0.15) is 11.3 Å². The first-order chi connectivity index (χ1) is 9.65. The second kappa shape index (κ2) is 6.61. The van der Waals surface area contributed by atoms with Gasteiger partial charge in [0.05, 0.1) is 5.69 Å². The van der Waals surface area contributed by atoms with Crippen LogP contribution in [0.25, 0.3) is 11.2 Å².